The van der Waals surface area contributed by atoms with Crippen molar-refractivity contribution >= 4 is 0 Å². The predicted molar refractivity (Wildman–Crippen MR) is 54.8 cm³/mol. The molecule has 0 radical (unpaired) electrons. The van der Waals surface area contributed by atoms with E-state index in [-0.39, 0.29) is 12.4 Å². The number of hydrogen-bond acceptors (Lipinski definition) is 2. The zero-order valence-electron chi connectivity index (χ0n) is 8.39. The summed E-state index contributed by atoms with van der Waals surface area (Å²) in [6.45, 7) is 0.931. The van der Waals surface area contributed by atoms with Gasteiger partial charge in [0.25, 0.3) is 0 Å². The molecule has 0 unspecified atom stereocenters. The number of rotatable bonds is 5. The molecule has 0 aliphatic carbocycles. The molecule has 0 aliphatic rings. The van der Waals surface area contributed by atoms with E-state index >= 15 is 0 Å². The number of halogens is 1. The lowest BCUT2D eigenvalue weighted by Crippen LogP contribution is -2.12. The second-order valence-electron chi connectivity index (χ2n) is 3.24. The molecular weight excluding hydrogens is 181 g/mol. The van der Waals surface area contributed by atoms with Crippen LogP contribution in [0.2, 0.25) is 0 Å². The highest BCUT2D eigenvalue weighted by Gasteiger charge is 2.03. The molecule has 0 heterocycles. The van der Waals surface area contributed by atoms with Crippen LogP contribution in [-0.4, -0.2) is 25.3 Å². The molecule has 1 aromatic carbocycles. The molecule has 78 valence electrons. The summed E-state index contributed by atoms with van der Waals surface area (Å²) in [6.07, 6.45) is 1.39. The molecule has 0 atom stereocenters. The minimum Gasteiger partial charge on any atom is -0.396 e. The van der Waals surface area contributed by atoms with Crippen LogP contribution in [0.5, 0.6) is 0 Å². The SMILES string of the molecule is CNCCc1ccc(F)cc1CCO. The zero-order valence-corrected chi connectivity index (χ0v) is 8.39. The van der Waals surface area contributed by atoms with Crippen LogP contribution >= 0.6 is 0 Å². The molecule has 0 saturated carbocycles. The Morgan fingerprint density at radius 3 is 2.71 bits per heavy atom. The molecule has 2 nitrogen and oxygen atoms in total. The smallest absolute Gasteiger partial charge is 0.123 e. The third-order valence-electron chi connectivity index (χ3n) is 2.19. The van der Waals surface area contributed by atoms with Gasteiger partial charge in [0, 0.05) is 6.61 Å². The van der Waals surface area contributed by atoms with Gasteiger partial charge >= 0.3 is 0 Å². The molecule has 2 N–H and O–H groups in total. The van der Waals surface area contributed by atoms with Crippen molar-refractivity contribution in [1.29, 1.82) is 0 Å². The van der Waals surface area contributed by atoms with E-state index in [4.69, 9.17) is 5.11 Å². The quantitative estimate of drug-likeness (QED) is 0.741. The summed E-state index contributed by atoms with van der Waals surface area (Å²) in [5.41, 5.74) is 2.01. The predicted octanol–water partition coefficient (Wildman–Crippen LogP) is 1.12. The minimum absolute atomic E-state index is 0.0655. The van der Waals surface area contributed by atoms with E-state index in [1.165, 1.54) is 12.1 Å². The number of aliphatic hydroxyl groups is 1. The first kappa shape index (κ1) is 11.1. The monoisotopic (exact) mass is 197 g/mol. The molecule has 0 bridgehead atoms. The maximum absolute atomic E-state index is 12.9. The normalized spacial score (nSPS) is 10.5. The van der Waals surface area contributed by atoms with Crippen molar-refractivity contribution in [3.8, 4) is 0 Å². The Morgan fingerprint density at radius 2 is 2.07 bits per heavy atom. The lowest BCUT2D eigenvalue weighted by Gasteiger charge is -2.08. The average molecular weight is 197 g/mol. The van der Waals surface area contributed by atoms with Crippen LogP contribution in [0, 0.1) is 5.82 Å². The third kappa shape index (κ3) is 3.09. The zero-order chi connectivity index (χ0) is 10.4. The summed E-state index contributed by atoms with van der Waals surface area (Å²) < 4.78 is 12.9. The molecule has 0 aromatic heterocycles. The topological polar surface area (TPSA) is 32.3 Å². The fourth-order valence-electron chi connectivity index (χ4n) is 1.45. The fraction of sp³-hybridized carbons (Fsp3) is 0.455. The van der Waals surface area contributed by atoms with Gasteiger partial charge in [0.15, 0.2) is 0 Å². The molecule has 0 amide bonds. The Bertz CT molecular complexity index is 289. The van der Waals surface area contributed by atoms with Gasteiger partial charge in [-0.3, -0.25) is 0 Å². The number of benzene rings is 1. The highest BCUT2D eigenvalue weighted by atomic mass is 19.1. The second-order valence-corrected chi connectivity index (χ2v) is 3.24. The highest BCUT2D eigenvalue weighted by molar-refractivity contribution is 5.28. The van der Waals surface area contributed by atoms with Crippen molar-refractivity contribution in [2.75, 3.05) is 20.2 Å². The van der Waals surface area contributed by atoms with Crippen molar-refractivity contribution in [3.63, 3.8) is 0 Å². The minimum atomic E-state index is -0.235. The third-order valence-corrected chi connectivity index (χ3v) is 2.19. The Labute approximate surface area is 83.8 Å². The molecule has 1 aromatic rings. The van der Waals surface area contributed by atoms with Crippen molar-refractivity contribution in [1.82, 2.24) is 5.32 Å². The summed E-state index contributed by atoms with van der Waals surface area (Å²) in [6, 6.07) is 4.75. The first-order valence-corrected chi connectivity index (χ1v) is 4.80. The molecule has 0 saturated heterocycles. The van der Waals surface area contributed by atoms with Crippen LogP contribution in [0.1, 0.15) is 11.1 Å². The van der Waals surface area contributed by atoms with Gasteiger partial charge in [-0.1, -0.05) is 6.07 Å². The second kappa shape index (κ2) is 5.73. The van der Waals surface area contributed by atoms with Gasteiger partial charge in [0.05, 0.1) is 0 Å². The van der Waals surface area contributed by atoms with E-state index < -0.39 is 0 Å². The molecule has 14 heavy (non-hydrogen) atoms. The first-order chi connectivity index (χ1) is 6.77. The molecule has 0 aliphatic heterocycles. The average Bonchev–Trinajstić information content (AvgIpc) is 2.17. The molecule has 0 spiro atoms. The Hall–Kier alpha value is -0.930. The van der Waals surface area contributed by atoms with Crippen LogP contribution in [0.25, 0.3) is 0 Å². The van der Waals surface area contributed by atoms with Gasteiger partial charge in [-0.15, -0.1) is 0 Å². The van der Waals surface area contributed by atoms with Gasteiger partial charge in [-0.05, 0) is 49.7 Å². The van der Waals surface area contributed by atoms with Gasteiger partial charge < -0.3 is 10.4 Å². The van der Waals surface area contributed by atoms with Crippen molar-refractivity contribution < 1.29 is 9.50 Å². The van der Waals surface area contributed by atoms with E-state index in [0.29, 0.717) is 6.42 Å². The summed E-state index contributed by atoms with van der Waals surface area (Å²) in [4.78, 5) is 0. The number of hydrogen-bond donors (Lipinski definition) is 2. The number of nitrogens with one attached hydrogen (secondary N) is 1. The van der Waals surface area contributed by atoms with Crippen LogP contribution in [0.15, 0.2) is 18.2 Å². The molecule has 3 heteroatoms. The summed E-state index contributed by atoms with van der Waals surface area (Å²) in [5.74, 6) is -0.235. The van der Waals surface area contributed by atoms with E-state index in [0.717, 1.165) is 24.1 Å². The van der Waals surface area contributed by atoms with Crippen LogP contribution in [-0.2, 0) is 12.8 Å². The van der Waals surface area contributed by atoms with Crippen LogP contribution in [0.4, 0.5) is 4.39 Å². The molecular formula is C11H16FNO. The van der Waals surface area contributed by atoms with Crippen LogP contribution in [0.3, 0.4) is 0 Å². The maximum atomic E-state index is 12.9. The van der Waals surface area contributed by atoms with Gasteiger partial charge in [0.2, 0.25) is 0 Å². The van der Waals surface area contributed by atoms with E-state index in [9.17, 15) is 4.39 Å². The highest BCUT2D eigenvalue weighted by Crippen LogP contribution is 2.12. The van der Waals surface area contributed by atoms with Gasteiger partial charge in [-0.25, -0.2) is 4.39 Å². The van der Waals surface area contributed by atoms with Gasteiger partial charge in [-0.2, -0.15) is 0 Å². The van der Waals surface area contributed by atoms with Crippen LogP contribution < -0.4 is 5.32 Å². The largest absolute Gasteiger partial charge is 0.396 e. The lowest BCUT2D eigenvalue weighted by atomic mass is 10.0. The summed E-state index contributed by atoms with van der Waals surface area (Å²) in [5, 5.41) is 11.9. The number of aliphatic hydroxyl groups excluding tert-OH is 1. The van der Waals surface area contributed by atoms with Crippen molar-refractivity contribution in [3.05, 3.63) is 35.1 Å². The maximum Gasteiger partial charge on any atom is 0.123 e. The summed E-state index contributed by atoms with van der Waals surface area (Å²) in [7, 11) is 1.88. The van der Waals surface area contributed by atoms with E-state index in [1.54, 1.807) is 6.07 Å². The van der Waals surface area contributed by atoms with Crippen molar-refractivity contribution in [2.24, 2.45) is 0 Å². The Kier molecular flexibility index (Phi) is 4.56. The summed E-state index contributed by atoms with van der Waals surface area (Å²) >= 11 is 0. The Morgan fingerprint density at radius 1 is 1.29 bits per heavy atom. The first-order valence-electron chi connectivity index (χ1n) is 4.80. The molecule has 0 fully saturated rings. The standard InChI is InChI=1S/C11H16FNO/c1-13-6-4-9-2-3-11(12)8-10(9)5-7-14/h2-3,8,13-14H,4-7H2,1H3. The lowest BCUT2D eigenvalue weighted by molar-refractivity contribution is 0.299. The Balaban J connectivity index is 2.78. The van der Waals surface area contributed by atoms with Gasteiger partial charge in [0.1, 0.15) is 5.82 Å². The number of likely N-dealkylation sites (N-methyl/N-ethyl adjacent to an activating group) is 1. The van der Waals surface area contributed by atoms with Crippen molar-refractivity contribution in [2.45, 2.75) is 12.8 Å². The van der Waals surface area contributed by atoms with E-state index in [2.05, 4.69) is 5.32 Å². The van der Waals surface area contributed by atoms with E-state index in [1.807, 2.05) is 7.05 Å². The molecule has 1 rings (SSSR count). The fourth-order valence-corrected chi connectivity index (χ4v) is 1.45.